The molecule has 0 aliphatic carbocycles. The fourth-order valence-electron chi connectivity index (χ4n) is 5.54. The van der Waals surface area contributed by atoms with Crippen LogP contribution in [-0.4, -0.2) is 44.1 Å². The normalized spacial score (nSPS) is 12.6. The van der Waals surface area contributed by atoms with Crippen LogP contribution >= 0.6 is 0 Å². The largest absolute Gasteiger partial charge is 0.418 e. The number of nitrogens with zero attached hydrogens (tertiary/aromatic N) is 9. The number of hydrogen-bond donors (Lipinski definition) is 0. The molecule has 7 aromatic rings. The van der Waals surface area contributed by atoms with Gasteiger partial charge in [0.2, 0.25) is 0 Å². The lowest BCUT2D eigenvalue weighted by molar-refractivity contribution is -0.138. The van der Waals surface area contributed by atoms with Crippen LogP contribution in [0, 0.1) is 0 Å². The van der Waals surface area contributed by atoms with Gasteiger partial charge in [0.1, 0.15) is 16.9 Å². The zero-order valence-electron chi connectivity index (χ0n) is 26.0. The Morgan fingerprint density at radius 2 is 1.10 bits per heavy atom. The van der Waals surface area contributed by atoms with Crippen LogP contribution in [0.15, 0.2) is 102 Å². The summed E-state index contributed by atoms with van der Waals surface area (Å²) in [6.45, 7) is -1.10. The average Bonchev–Trinajstić information content (AvgIpc) is 3.84. The second-order valence-electron chi connectivity index (χ2n) is 11.5. The molecule has 266 valence electrons. The first-order chi connectivity index (χ1) is 24.6. The molecule has 0 saturated carbocycles. The molecule has 0 aliphatic heterocycles. The van der Waals surface area contributed by atoms with Gasteiger partial charge in [-0.1, -0.05) is 52.9 Å². The second kappa shape index (κ2) is 12.5. The van der Waals surface area contributed by atoms with Crippen molar-refractivity contribution >= 4 is 11.2 Å². The van der Waals surface area contributed by atoms with E-state index in [4.69, 9.17) is 0 Å². The van der Waals surface area contributed by atoms with Crippen LogP contribution in [0.3, 0.4) is 0 Å². The molecule has 0 amide bonds. The molecular weight excluding hydrogens is 709 g/mol. The fraction of sp³-hybridized carbons (Fsp3) is 0.152. The lowest BCUT2D eigenvalue weighted by Gasteiger charge is -2.12. The molecule has 4 aromatic heterocycles. The molecule has 4 heterocycles. The minimum atomic E-state index is -5.01. The SMILES string of the molecule is O=c1n(Cc2cn(-c3cccc(C(F)(F)F)c3)nn2)c2nc(-c3ccccc3)cc(C(F)(F)F)c2n1Cc1cn(-c2cccc(C(F)(F)F)c2)nn1. The number of imidazole rings is 1. The third-order valence-electron chi connectivity index (χ3n) is 7.93. The van der Waals surface area contributed by atoms with Crippen LogP contribution in [0.2, 0.25) is 0 Å². The van der Waals surface area contributed by atoms with Gasteiger partial charge in [-0.15, -0.1) is 10.2 Å². The molecule has 0 bridgehead atoms. The molecule has 0 aliphatic rings. The maximum atomic E-state index is 14.8. The second-order valence-corrected chi connectivity index (χ2v) is 11.5. The molecule has 0 radical (unpaired) electrons. The Labute approximate surface area is 285 Å². The highest BCUT2D eigenvalue weighted by molar-refractivity contribution is 5.81. The number of benzene rings is 3. The Kier molecular flexibility index (Phi) is 8.22. The maximum Gasteiger partial charge on any atom is 0.418 e. The van der Waals surface area contributed by atoms with E-state index in [0.29, 0.717) is 5.56 Å². The Morgan fingerprint density at radius 3 is 1.60 bits per heavy atom. The number of halogens is 9. The first kappa shape index (κ1) is 34.2. The van der Waals surface area contributed by atoms with Crippen molar-refractivity contribution < 1.29 is 39.5 Å². The average molecular weight is 730 g/mol. The van der Waals surface area contributed by atoms with Crippen LogP contribution in [-0.2, 0) is 31.6 Å². The molecule has 0 fully saturated rings. The Hall–Kier alpha value is -6.27. The van der Waals surface area contributed by atoms with E-state index in [9.17, 15) is 44.3 Å². The van der Waals surface area contributed by atoms with Gasteiger partial charge in [0.25, 0.3) is 0 Å². The van der Waals surface area contributed by atoms with E-state index in [1.807, 2.05) is 0 Å². The first-order valence-electron chi connectivity index (χ1n) is 15.0. The summed E-state index contributed by atoms with van der Waals surface area (Å²) in [5.41, 5.74) is -5.13. The summed E-state index contributed by atoms with van der Waals surface area (Å²) in [6, 6.07) is 17.0. The monoisotopic (exact) mass is 729 g/mol. The predicted molar refractivity (Wildman–Crippen MR) is 165 cm³/mol. The number of alkyl halides is 9. The van der Waals surface area contributed by atoms with Crippen molar-refractivity contribution in [3.63, 3.8) is 0 Å². The summed E-state index contributed by atoms with van der Waals surface area (Å²) >= 11 is 0. The highest BCUT2D eigenvalue weighted by atomic mass is 19.4. The van der Waals surface area contributed by atoms with Gasteiger partial charge in [-0.2, -0.15) is 39.5 Å². The summed E-state index contributed by atoms with van der Waals surface area (Å²) in [5.74, 6) is 0. The van der Waals surface area contributed by atoms with Gasteiger partial charge >= 0.3 is 24.2 Å². The smallest absolute Gasteiger partial charge is 0.284 e. The molecule has 10 nitrogen and oxygen atoms in total. The van der Waals surface area contributed by atoms with Crippen molar-refractivity contribution in [3.8, 4) is 22.6 Å². The van der Waals surface area contributed by atoms with Crippen LogP contribution in [0.25, 0.3) is 33.8 Å². The summed E-state index contributed by atoms with van der Waals surface area (Å²) in [6.07, 6.45) is -11.9. The van der Waals surface area contributed by atoms with Crippen molar-refractivity contribution in [2.24, 2.45) is 0 Å². The van der Waals surface area contributed by atoms with Crippen molar-refractivity contribution in [2.45, 2.75) is 31.6 Å². The van der Waals surface area contributed by atoms with E-state index in [1.54, 1.807) is 18.2 Å². The quantitative estimate of drug-likeness (QED) is 0.161. The van der Waals surface area contributed by atoms with Gasteiger partial charge in [-0.25, -0.2) is 19.1 Å². The summed E-state index contributed by atoms with van der Waals surface area (Å²) in [4.78, 5) is 18.5. The zero-order chi connectivity index (χ0) is 37.0. The molecule has 3 aromatic carbocycles. The lowest BCUT2D eigenvalue weighted by atomic mass is 10.1. The van der Waals surface area contributed by atoms with Crippen LogP contribution < -0.4 is 5.69 Å². The van der Waals surface area contributed by atoms with Crippen LogP contribution in [0.1, 0.15) is 28.1 Å². The Bertz CT molecular complexity index is 2470. The number of rotatable bonds is 7. The molecule has 52 heavy (non-hydrogen) atoms. The topological polar surface area (TPSA) is 101 Å². The minimum Gasteiger partial charge on any atom is -0.284 e. The van der Waals surface area contributed by atoms with E-state index in [0.717, 1.165) is 61.0 Å². The van der Waals surface area contributed by atoms with Crippen LogP contribution in [0.5, 0.6) is 0 Å². The van der Waals surface area contributed by atoms with E-state index in [-0.39, 0.29) is 28.5 Å². The lowest BCUT2D eigenvalue weighted by Crippen LogP contribution is -2.26. The predicted octanol–water partition coefficient (Wildman–Crippen LogP) is 7.18. The summed E-state index contributed by atoms with van der Waals surface area (Å²) in [5, 5.41) is 15.5. The van der Waals surface area contributed by atoms with Crippen LogP contribution in [0.4, 0.5) is 39.5 Å². The molecule has 0 atom stereocenters. The van der Waals surface area contributed by atoms with E-state index >= 15 is 0 Å². The number of fused-ring (bicyclic) bond motifs is 1. The standard InChI is InChI=1S/C33H20F9N9O/c34-31(35,36)20-8-4-10-24(12-20)50-17-22(44-46-50)15-48-28-26(33(40,41)42)14-27(19-6-2-1-3-7-19)43-29(28)49(30(48)52)16-23-18-51(47-45-23)25-11-5-9-21(13-25)32(37,38)39/h1-14,17-18H,15-16H2. The molecule has 0 N–H and O–H groups in total. The third-order valence-corrected chi connectivity index (χ3v) is 7.93. The van der Waals surface area contributed by atoms with Crippen molar-refractivity contribution in [1.82, 2.24) is 44.1 Å². The molecule has 19 heteroatoms. The highest BCUT2D eigenvalue weighted by Gasteiger charge is 2.37. The maximum absolute atomic E-state index is 14.8. The number of aromatic nitrogens is 9. The number of pyridine rings is 1. The highest BCUT2D eigenvalue weighted by Crippen LogP contribution is 2.37. The zero-order valence-corrected chi connectivity index (χ0v) is 26.0. The van der Waals surface area contributed by atoms with Gasteiger partial charge in [0.15, 0.2) is 5.65 Å². The molecule has 0 unspecified atom stereocenters. The van der Waals surface area contributed by atoms with Gasteiger partial charge in [0, 0.05) is 5.56 Å². The van der Waals surface area contributed by atoms with E-state index < -0.39 is 65.2 Å². The minimum absolute atomic E-state index is 0.00507. The van der Waals surface area contributed by atoms with Gasteiger partial charge < -0.3 is 0 Å². The van der Waals surface area contributed by atoms with Gasteiger partial charge in [0.05, 0.1) is 59.2 Å². The number of hydrogen-bond acceptors (Lipinski definition) is 6. The summed E-state index contributed by atoms with van der Waals surface area (Å²) in [7, 11) is 0. The first-order valence-corrected chi connectivity index (χ1v) is 15.0. The fourth-order valence-corrected chi connectivity index (χ4v) is 5.54. The van der Waals surface area contributed by atoms with Crippen molar-refractivity contribution in [2.75, 3.05) is 0 Å². The molecular formula is C33H20F9N9O. The molecule has 7 rings (SSSR count). The van der Waals surface area contributed by atoms with E-state index in [2.05, 4.69) is 25.6 Å². The van der Waals surface area contributed by atoms with E-state index in [1.165, 1.54) is 36.7 Å². The Balaban J connectivity index is 1.35. The third kappa shape index (κ3) is 6.63. The molecule has 0 saturated heterocycles. The van der Waals surface area contributed by atoms with Gasteiger partial charge in [-0.3, -0.25) is 9.13 Å². The summed E-state index contributed by atoms with van der Waals surface area (Å²) < 4.78 is 128. The van der Waals surface area contributed by atoms with Crippen molar-refractivity contribution in [1.29, 1.82) is 0 Å². The molecule has 0 spiro atoms. The van der Waals surface area contributed by atoms with Gasteiger partial charge in [-0.05, 0) is 42.5 Å². The van der Waals surface area contributed by atoms with Crippen molar-refractivity contribution in [3.05, 3.63) is 136 Å². The Morgan fingerprint density at radius 1 is 0.577 bits per heavy atom.